The fourth-order valence-electron chi connectivity index (χ4n) is 3.32. The summed E-state index contributed by atoms with van der Waals surface area (Å²) < 4.78 is 32.4. The van der Waals surface area contributed by atoms with Crippen molar-refractivity contribution in [3.05, 3.63) is 81.9 Å². The first-order valence-electron chi connectivity index (χ1n) is 9.22. The monoisotopic (exact) mass is 425 g/mol. The van der Waals surface area contributed by atoms with Gasteiger partial charge in [-0.2, -0.15) is 0 Å². The van der Waals surface area contributed by atoms with E-state index in [1.807, 2.05) is 0 Å². The Morgan fingerprint density at radius 2 is 1.87 bits per heavy atom. The Morgan fingerprint density at radius 1 is 1.10 bits per heavy atom. The number of nitrogens with one attached hydrogen (secondary N) is 2. The second-order valence-corrected chi connectivity index (χ2v) is 6.89. The Bertz CT molecular complexity index is 1260. The minimum Gasteiger partial charge on any atom is -0.502 e. The van der Waals surface area contributed by atoms with Crippen LogP contribution in [0.3, 0.4) is 0 Å². The number of rotatable bonds is 6. The Kier molecular flexibility index (Phi) is 5.16. The number of phenols is 1. The van der Waals surface area contributed by atoms with Crippen LogP contribution in [0.2, 0.25) is 0 Å². The number of aromatic nitrogens is 1. The lowest BCUT2D eigenvalue weighted by Gasteiger charge is -2.13. The van der Waals surface area contributed by atoms with Gasteiger partial charge in [-0.15, -0.1) is 0 Å². The summed E-state index contributed by atoms with van der Waals surface area (Å²) in [6.45, 7) is 0.240. The zero-order valence-electron chi connectivity index (χ0n) is 16.3. The summed E-state index contributed by atoms with van der Waals surface area (Å²) in [6.07, 6.45) is 0. The first kappa shape index (κ1) is 20.1. The molecule has 0 saturated heterocycles. The van der Waals surface area contributed by atoms with Gasteiger partial charge in [-0.1, -0.05) is 6.07 Å². The normalized spacial score (nSPS) is 10.9. The van der Waals surface area contributed by atoms with Crippen molar-refractivity contribution >= 4 is 22.3 Å². The number of phenolic OH excluding ortho intramolecular Hbond substituents is 1. The minimum atomic E-state index is -0.930. The maximum Gasteiger partial charge on any atom is 0.311 e. The average Bonchev–Trinajstić information content (AvgIpc) is 3.15. The van der Waals surface area contributed by atoms with Crippen LogP contribution in [0.4, 0.5) is 20.2 Å². The Morgan fingerprint density at radius 3 is 2.61 bits per heavy atom. The summed E-state index contributed by atoms with van der Waals surface area (Å²) in [7, 11) is 1.51. The van der Waals surface area contributed by atoms with Crippen molar-refractivity contribution in [1.29, 1.82) is 0 Å². The number of aromatic amines is 1. The highest BCUT2D eigenvalue weighted by Crippen LogP contribution is 2.33. The third kappa shape index (κ3) is 3.97. The van der Waals surface area contributed by atoms with Crippen LogP contribution >= 0.6 is 0 Å². The van der Waals surface area contributed by atoms with Gasteiger partial charge in [0.05, 0.1) is 17.7 Å². The third-order valence-corrected chi connectivity index (χ3v) is 4.89. The average molecular weight is 425 g/mol. The molecule has 0 radical (unpaired) electrons. The molecule has 3 aromatic carbocycles. The van der Waals surface area contributed by atoms with Gasteiger partial charge < -0.3 is 20.1 Å². The van der Waals surface area contributed by atoms with E-state index in [2.05, 4.69) is 10.3 Å². The molecule has 0 bridgehead atoms. The van der Waals surface area contributed by atoms with Crippen molar-refractivity contribution < 1.29 is 23.5 Å². The lowest BCUT2D eigenvalue weighted by atomic mass is 10.1. The van der Waals surface area contributed by atoms with Gasteiger partial charge >= 0.3 is 5.69 Å². The molecule has 4 rings (SSSR count). The Hall–Kier alpha value is -4.14. The van der Waals surface area contributed by atoms with Crippen molar-refractivity contribution in [3.8, 4) is 22.8 Å². The Balaban J connectivity index is 1.64. The highest BCUT2D eigenvalue weighted by molar-refractivity contribution is 5.86. The number of benzene rings is 3. The quantitative estimate of drug-likeness (QED) is 0.286. The molecule has 0 aliphatic heterocycles. The molecule has 158 valence electrons. The highest BCUT2D eigenvalue weighted by Gasteiger charge is 2.14. The van der Waals surface area contributed by atoms with E-state index in [0.29, 0.717) is 33.6 Å². The number of H-pyrrole nitrogens is 1. The molecular formula is C22H17F2N3O4. The van der Waals surface area contributed by atoms with Crippen LogP contribution in [0, 0.1) is 21.7 Å². The molecule has 3 N–H and O–H groups in total. The van der Waals surface area contributed by atoms with Gasteiger partial charge in [0.15, 0.2) is 17.4 Å². The van der Waals surface area contributed by atoms with E-state index < -0.39 is 22.3 Å². The van der Waals surface area contributed by atoms with Crippen LogP contribution in [0.25, 0.3) is 22.2 Å². The fourth-order valence-corrected chi connectivity index (χ4v) is 3.32. The number of halogens is 2. The fraction of sp³-hybridized carbons (Fsp3) is 0.0909. The maximum atomic E-state index is 13.5. The SMILES string of the molecule is COc1ccc(-c2cc3cc(F)c(F)cc3[nH]2)cc1NCc1ccc(O)c([N+](=O)[O-])c1. The van der Waals surface area contributed by atoms with Crippen LogP contribution < -0.4 is 10.1 Å². The zero-order chi connectivity index (χ0) is 22.1. The van der Waals surface area contributed by atoms with Crippen LogP contribution in [0.1, 0.15) is 5.56 Å². The third-order valence-electron chi connectivity index (χ3n) is 4.89. The number of aromatic hydroxyl groups is 1. The van der Waals surface area contributed by atoms with Crippen LogP contribution in [0.15, 0.2) is 54.6 Å². The van der Waals surface area contributed by atoms with E-state index in [1.165, 1.54) is 19.2 Å². The van der Waals surface area contributed by atoms with Gasteiger partial charge in [0.2, 0.25) is 0 Å². The number of hydrogen-bond donors (Lipinski definition) is 3. The highest BCUT2D eigenvalue weighted by atomic mass is 19.2. The van der Waals surface area contributed by atoms with Gasteiger partial charge in [-0.3, -0.25) is 10.1 Å². The van der Waals surface area contributed by atoms with Crippen LogP contribution in [-0.4, -0.2) is 22.1 Å². The second-order valence-electron chi connectivity index (χ2n) is 6.89. The first-order valence-corrected chi connectivity index (χ1v) is 9.22. The molecule has 1 aromatic heterocycles. The first-order chi connectivity index (χ1) is 14.9. The summed E-state index contributed by atoms with van der Waals surface area (Å²) in [4.78, 5) is 13.4. The van der Waals surface area contributed by atoms with Gasteiger partial charge in [0, 0.05) is 40.8 Å². The number of ether oxygens (including phenoxy) is 1. The van der Waals surface area contributed by atoms with E-state index in [9.17, 15) is 24.0 Å². The molecule has 0 atom stereocenters. The molecule has 0 saturated carbocycles. The molecule has 0 unspecified atom stereocenters. The minimum absolute atomic E-state index is 0.240. The lowest BCUT2D eigenvalue weighted by molar-refractivity contribution is -0.385. The number of fused-ring (bicyclic) bond motifs is 1. The molecular weight excluding hydrogens is 408 g/mol. The van der Waals surface area contributed by atoms with E-state index in [-0.39, 0.29) is 12.2 Å². The second kappa shape index (κ2) is 7.94. The van der Waals surface area contributed by atoms with Gasteiger partial charge in [0.1, 0.15) is 5.75 Å². The number of nitrogens with zero attached hydrogens (tertiary/aromatic N) is 1. The summed E-state index contributed by atoms with van der Waals surface area (Å²) in [5.74, 6) is -1.70. The van der Waals surface area contributed by atoms with E-state index in [4.69, 9.17) is 4.74 Å². The predicted molar refractivity (Wildman–Crippen MR) is 112 cm³/mol. The van der Waals surface area contributed by atoms with Gasteiger partial charge in [-0.05, 0) is 42.0 Å². The zero-order valence-corrected chi connectivity index (χ0v) is 16.3. The summed E-state index contributed by atoms with van der Waals surface area (Å²) in [5, 5.41) is 24.3. The van der Waals surface area contributed by atoms with E-state index >= 15 is 0 Å². The summed E-state index contributed by atoms with van der Waals surface area (Å²) in [6, 6.07) is 13.4. The number of methoxy groups -OCH3 is 1. The molecule has 31 heavy (non-hydrogen) atoms. The number of nitro benzene ring substituents is 1. The van der Waals surface area contributed by atoms with Crippen molar-refractivity contribution in [2.45, 2.75) is 6.54 Å². The molecule has 1 heterocycles. The molecule has 0 spiro atoms. The molecule has 9 heteroatoms. The predicted octanol–water partition coefficient (Wildman–Crippen LogP) is 5.35. The van der Waals surface area contributed by atoms with Crippen LogP contribution in [-0.2, 0) is 6.54 Å². The molecule has 7 nitrogen and oxygen atoms in total. The summed E-state index contributed by atoms with van der Waals surface area (Å²) >= 11 is 0. The topological polar surface area (TPSA) is 100 Å². The molecule has 0 aliphatic rings. The van der Waals surface area contributed by atoms with Crippen LogP contribution in [0.5, 0.6) is 11.5 Å². The summed E-state index contributed by atoms with van der Waals surface area (Å²) in [5.41, 5.74) is 2.71. The molecule has 0 aliphatic carbocycles. The van der Waals surface area contributed by atoms with Crippen molar-refractivity contribution in [2.24, 2.45) is 0 Å². The van der Waals surface area contributed by atoms with Crippen molar-refractivity contribution in [1.82, 2.24) is 4.98 Å². The van der Waals surface area contributed by atoms with E-state index in [1.54, 1.807) is 30.3 Å². The number of anilines is 1. The number of nitro groups is 1. The van der Waals surface area contributed by atoms with Gasteiger partial charge in [-0.25, -0.2) is 8.78 Å². The molecule has 0 fully saturated rings. The Labute approximate surface area is 175 Å². The van der Waals surface area contributed by atoms with Crippen molar-refractivity contribution in [3.63, 3.8) is 0 Å². The lowest BCUT2D eigenvalue weighted by Crippen LogP contribution is -2.02. The molecule has 0 amide bonds. The number of hydrogen-bond acceptors (Lipinski definition) is 5. The van der Waals surface area contributed by atoms with Gasteiger partial charge in [0.25, 0.3) is 0 Å². The largest absolute Gasteiger partial charge is 0.502 e. The molecule has 4 aromatic rings. The van der Waals surface area contributed by atoms with Crippen molar-refractivity contribution in [2.75, 3.05) is 12.4 Å². The maximum absolute atomic E-state index is 13.5. The van der Waals surface area contributed by atoms with E-state index in [0.717, 1.165) is 17.7 Å². The smallest absolute Gasteiger partial charge is 0.311 e. The standard InChI is InChI=1S/C22H17F2N3O4/c1-31-22-5-3-13(17-9-14-7-15(23)16(24)10-18(14)26-17)8-19(22)25-11-12-2-4-21(28)20(6-12)27(29)30/h2-10,25-26,28H,11H2,1H3.